The highest BCUT2D eigenvalue weighted by atomic mass is 35.5. The Hall–Kier alpha value is -3.33. The van der Waals surface area contributed by atoms with Crippen LogP contribution in [0.3, 0.4) is 0 Å². The molecule has 1 aromatic carbocycles. The van der Waals surface area contributed by atoms with E-state index in [4.69, 9.17) is 26.2 Å². The minimum atomic E-state index is -2.96. The van der Waals surface area contributed by atoms with Gasteiger partial charge in [0.1, 0.15) is 19.3 Å². The first kappa shape index (κ1) is 28.2. The van der Waals surface area contributed by atoms with Gasteiger partial charge in [-0.05, 0) is 30.3 Å². The van der Waals surface area contributed by atoms with Crippen molar-refractivity contribution < 1.29 is 42.5 Å². The lowest BCUT2D eigenvalue weighted by Crippen LogP contribution is -2.50. The summed E-state index contributed by atoms with van der Waals surface area (Å²) in [5.74, 6) is -1.88. The molecule has 2 heterocycles. The molecule has 1 aliphatic rings. The summed E-state index contributed by atoms with van der Waals surface area (Å²) in [6.07, 6.45) is -4.00. The smallest absolute Gasteiger partial charge is 0.407 e. The number of thiophene rings is 1. The maximum absolute atomic E-state index is 13.8. The van der Waals surface area contributed by atoms with Crippen LogP contribution >= 0.6 is 22.9 Å². The topological polar surface area (TPSA) is 146 Å². The van der Waals surface area contributed by atoms with E-state index in [1.54, 1.807) is 0 Å². The molecular formula is C22H23ClF2N4O7S. The van der Waals surface area contributed by atoms with Crippen LogP contribution in [0.1, 0.15) is 21.7 Å². The van der Waals surface area contributed by atoms with Gasteiger partial charge in [0, 0.05) is 24.3 Å². The summed E-state index contributed by atoms with van der Waals surface area (Å²) < 4.78 is 37.7. The van der Waals surface area contributed by atoms with Gasteiger partial charge >= 0.3 is 6.09 Å². The second-order valence-corrected chi connectivity index (χ2v) is 9.25. The highest BCUT2D eigenvalue weighted by molar-refractivity contribution is 7.18. The molecule has 1 fully saturated rings. The summed E-state index contributed by atoms with van der Waals surface area (Å²) in [5, 5.41) is 16.0. The molecule has 0 bridgehead atoms. The van der Waals surface area contributed by atoms with Crippen LogP contribution in [0.25, 0.3) is 0 Å². The number of carbonyl (C=O) groups excluding carboxylic acids is 4. The molecule has 4 amide bonds. The van der Waals surface area contributed by atoms with Crippen LogP contribution in [0.5, 0.6) is 0 Å². The van der Waals surface area contributed by atoms with Crippen LogP contribution in [0.2, 0.25) is 4.34 Å². The van der Waals surface area contributed by atoms with Gasteiger partial charge in [0.15, 0.2) is 0 Å². The lowest BCUT2D eigenvalue weighted by Gasteiger charge is -2.29. The predicted molar refractivity (Wildman–Crippen MR) is 130 cm³/mol. The van der Waals surface area contributed by atoms with E-state index in [0.29, 0.717) is 4.34 Å². The molecule has 37 heavy (non-hydrogen) atoms. The van der Waals surface area contributed by atoms with Gasteiger partial charge in [-0.3, -0.25) is 14.4 Å². The molecule has 200 valence electrons. The molecule has 0 saturated carbocycles. The number of ether oxygens (including phenoxy) is 2. The fourth-order valence-electron chi connectivity index (χ4n) is 3.30. The largest absolute Gasteiger partial charge is 0.447 e. The quantitative estimate of drug-likeness (QED) is 0.348. The Bertz CT molecular complexity index is 1150. The van der Waals surface area contributed by atoms with E-state index in [1.807, 2.05) is 0 Å². The number of anilines is 2. The van der Waals surface area contributed by atoms with Crippen LogP contribution in [-0.2, 0) is 19.1 Å². The predicted octanol–water partition coefficient (Wildman–Crippen LogP) is 2.16. The number of amides is 4. The minimum Gasteiger partial charge on any atom is -0.447 e. The first-order valence-corrected chi connectivity index (χ1v) is 12.1. The molecule has 1 saturated heterocycles. The molecule has 4 N–H and O–H groups in total. The van der Waals surface area contributed by atoms with Crippen LogP contribution in [0.15, 0.2) is 30.3 Å². The number of aliphatic hydroxyl groups is 1. The molecule has 2 aromatic rings. The molecule has 1 aromatic heterocycles. The van der Waals surface area contributed by atoms with Gasteiger partial charge in [-0.2, -0.15) is 0 Å². The number of aliphatic hydroxyl groups excluding tert-OH is 1. The Morgan fingerprint density at radius 2 is 2.03 bits per heavy atom. The van der Waals surface area contributed by atoms with Crippen LogP contribution < -0.4 is 20.9 Å². The lowest BCUT2D eigenvalue weighted by atomic mass is 10.1. The summed E-state index contributed by atoms with van der Waals surface area (Å²) >= 11 is 6.84. The van der Waals surface area contributed by atoms with E-state index >= 15 is 0 Å². The number of nitrogens with zero attached hydrogens (tertiary/aromatic N) is 1. The fourth-order valence-corrected chi connectivity index (χ4v) is 4.26. The molecule has 11 nitrogen and oxygen atoms in total. The molecular weight excluding hydrogens is 538 g/mol. The molecule has 3 rings (SSSR count). The molecule has 1 atom stereocenters. The number of hydrogen-bond donors (Lipinski definition) is 4. The second-order valence-electron chi connectivity index (χ2n) is 7.53. The first-order valence-electron chi connectivity index (χ1n) is 10.9. The summed E-state index contributed by atoms with van der Waals surface area (Å²) in [5.41, 5.74) is -0.523. The Balaban J connectivity index is 1.75. The average molecular weight is 561 g/mol. The van der Waals surface area contributed by atoms with E-state index in [-0.39, 0.29) is 49.2 Å². The summed E-state index contributed by atoms with van der Waals surface area (Å²) in [4.78, 5) is 50.8. The second kappa shape index (κ2) is 13.3. The summed E-state index contributed by atoms with van der Waals surface area (Å²) in [7, 11) is 0. The lowest BCUT2D eigenvalue weighted by molar-refractivity contribution is -0.125. The van der Waals surface area contributed by atoms with Gasteiger partial charge < -0.3 is 35.4 Å². The number of alkyl carbamates (subject to hydrolysis) is 1. The summed E-state index contributed by atoms with van der Waals surface area (Å²) in [6.45, 7) is -1.10. The third-order valence-corrected chi connectivity index (χ3v) is 6.23. The zero-order valence-corrected chi connectivity index (χ0v) is 20.7. The van der Waals surface area contributed by atoms with Crippen molar-refractivity contribution in [2.45, 2.75) is 12.5 Å². The van der Waals surface area contributed by atoms with Crippen molar-refractivity contribution in [1.29, 1.82) is 0 Å². The highest BCUT2D eigenvalue weighted by Crippen LogP contribution is 2.33. The third-order valence-electron chi connectivity index (χ3n) is 5.00. The molecule has 0 unspecified atom stereocenters. The molecule has 0 spiro atoms. The zero-order valence-electron chi connectivity index (χ0n) is 19.2. The van der Waals surface area contributed by atoms with Crippen LogP contribution in [0.4, 0.5) is 25.0 Å². The van der Waals surface area contributed by atoms with Crippen LogP contribution in [-0.4, -0.2) is 74.5 Å². The molecule has 15 heteroatoms. The third kappa shape index (κ3) is 7.82. The monoisotopic (exact) mass is 560 g/mol. The Kier molecular flexibility index (Phi) is 10.1. The van der Waals surface area contributed by atoms with E-state index in [2.05, 4.69) is 16.0 Å². The number of benzene rings is 1. The maximum atomic E-state index is 13.8. The first-order chi connectivity index (χ1) is 17.7. The number of halogens is 3. The van der Waals surface area contributed by atoms with Gasteiger partial charge in [0.25, 0.3) is 18.2 Å². The molecule has 1 aliphatic heterocycles. The normalized spacial score (nSPS) is 14.3. The van der Waals surface area contributed by atoms with Crippen LogP contribution in [0, 0.1) is 0 Å². The van der Waals surface area contributed by atoms with E-state index in [9.17, 15) is 28.0 Å². The van der Waals surface area contributed by atoms with Gasteiger partial charge in [0.2, 0.25) is 5.91 Å². The van der Waals surface area contributed by atoms with Crippen molar-refractivity contribution in [1.82, 2.24) is 10.6 Å². The highest BCUT2D eigenvalue weighted by Gasteiger charge is 2.27. The van der Waals surface area contributed by atoms with Crippen molar-refractivity contribution in [2.75, 3.05) is 49.7 Å². The number of nitrogens with one attached hydrogen (secondary N) is 3. The fraction of sp³-hybridized carbons (Fsp3) is 0.364. The van der Waals surface area contributed by atoms with E-state index in [0.717, 1.165) is 17.4 Å². The van der Waals surface area contributed by atoms with Gasteiger partial charge in [0.05, 0.1) is 28.1 Å². The number of hydrogen-bond acceptors (Lipinski definition) is 8. The van der Waals surface area contributed by atoms with E-state index < -0.39 is 48.5 Å². The number of rotatable bonds is 10. The number of carbonyl (C=O) groups is 4. The van der Waals surface area contributed by atoms with Crippen molar-refractivity contribution >= 4 is 58.1 Å². The van der Waals surface area contributed by atoms with Crippen molar-refractivity contribution in [3.05, 3.63) is 45.1 Å². The minimum absolute atomic E-state index is 0.00886. The average Bonchev–Trinajstić information content (AvgIpc) is 3.31. The number of morpholine rings is 1. The Morgan fingerprint density at radius 1 is 1.24 bits per heavy atom. The zero-order chi connectivity index (χ0) is 26.9. The van der Waals surface area contributed by atoms with E-state index in [1.165, 1.54) is 29.2 Å². The molecule has 0 radical (unpaired) electrons. The Labute approximate surface area is 218 Å². The van der Waals surface area contributed by atoms with Gasteiger partial charge in [-0.1, -0.05) is 11.6 Å². The summed E-state index contributed by atoms with van der Waals surface area (Å²) in [6, 6.07) is 5.25. The molecule has 0 aliphatic carbocycles. The van der Waals surface area contributed by atoms with Gasteiger partial charge in [-0.25, -0.2) is 13.6 Å². The number of alkyl halides is 2. The van der Waals surface area contributed by atoms with Crippen molar-refractivity contribution in [2.24, 2.45) is 0 Å². The SMILES string of the molecule is O=C(N[C@@H](CNC(=O)c1ccc(Cl)s1)C(=O)Nc1ccc(N2CCOCC2=O)c(C(F)F)c1)OCCO. The van der Waals surface area contributed by atoms with Gasteiger partial charge in [-0.15, -0.1) is 11.3 Å². The Morgan fingerprint density at radius 3 is 2.68 bits per heavy atom. The van der Waals surface area contributed by atoms with Crippen molar-refractivity contribution in [3.63, 3.8) is 0 Å². The standard InChI is InChI=1S/C22H23ClF2N4O7S/c23-17-4-3-16(37-17)21(33)26-10-14(28-22(34)36-8-6-30)20(32)27-12-1-2-15(13(9-12)19(24)25)29-5-7-35-11-18(29)31/h1-4,9,14,19,30H,5-8,10-11H2,(H,26,33)(H,27,32)(H,28,34)/t14-/m0/s1. The van der Waals surface area contributed by atoms with Crippen molar-refractivity contribution in [3.8, 4) is 0 Å². The maximum Gasteiger partial charge on any atom is 0.407 e.